The van der Waals surface area contributed by atoms with E-state index in [1.54, 1.807) is 0 Å². The number of hydrogen-bond donors (Lipinski definition) is 0. The largest absolute Gasteiger partial charge is 0.462 e. The molecule has 0 N–H and O–H groups in total. The number of ether oxygens (including phenoxy) is 3. The zero-order valence-electron chi connectivity index (χ0n) is 43.3. The Balaban J connectivity index is 4.09. The van der Waals surface area contributed by atoms with Crippen molar-refractivity contribution in [1.82, 2.24) is 0 Å². The summed E-state index contributed by atoms with van der Waals surface area (Å²) in [5.41, 5.74) is 0. The molecule has 1 atom stereocenters. The molecule has 6 nitrogen and oxygen atoms in total. The van der Waals surface area contributed by atoms with Crippen molar-refractivity contribution in [2.45, 2.75) is 329 Å². The lowest BCUT2D eigenvalue weighted by Gasteiger charge is -2.18. The van der Waals surface area contributed by atoms with Gasteiger partial charge in [-0.1, -0.05) is 270 Å². The molecule has 0 aromatic carbocycles. The molecule has 0 rings (SSSR count). The predicted molar refractivity (Wildman–Crippen MR) is 275 cm³/mol. The maximum Gasteiger partial charge on any atom is 0.306 e. The van der Waals surface area contributed by atoms with Crippen LogP contribution in [0, 0.1) is 0 Å². The van der Waals surface area contributed by atoms with Gasteiger partial charge in [-0.15, -0.1) is 0 Å². The summed E-state index contributed by atoms with van der Waals surface area (Å²) in [6.07, 6.45) is 61.0. The molecule has 0 aliphatic heterocycles. The molecule has 0 saturated carbocycles. The van der Waals surface area contributed by atoms with Gasteiger partial charge < -0.3 is 14.2 Å². The average Bonchev–Trinajstić information content (AvgIpc) is 3.29. The van der Waals surface area contributed by atoms with Crippen LogP contribution in [0.15, 0.2) is 12.2 Å². The van der Waals surface area contributed by atoms with E-state index in [0.717, 1.165) is 57.8 Å². The van der Waals surface area contributed by atoms with Crippen molar-refractivity contribution in [1.29, 1.82) is 0 Å². The van der Waals surface area contributed by atoms with E-state index in [1.807, 2.05) is 0 Å². The fourth-order valence-electron chi connectivity index (χ4n) is 8.68. The standard InChI is InChI=1S/C58H110O6/c1-4-7-10-13-16-18-20-22-24-26-28-29-30-31-33-34-36-38-40-42-45-48-51-57(60)63-54-55(53-62-56(59)50-47-44-15-12-9-6-3)64-58(61)52-49-46-43-41-39-37-35-32-27-25-23-21-19-17-14-11-8-5-2/h25,27,55H,4-24,26,28-54H2,1-3H3/b27-25-. The lowest BCUT2D eigenvalue weighted by molar-refractivity contribution is -0.167. The van der Waals surface area contributed by atoms with E-state index in [1.165, 1.54) is 225 Å². The van der Waals surface area contributed by atoms with Gasteiger partial charge >= 0.3 is 17.9 Å². The van der Waals surface area contributed by atoms with Gasteiger partial charge in [0, 0.05) is 19.3 Å². The summed E-state index contributed by atoms with van der Waals surface area (Å²) >= 11 is 0. The van der Waals surface area contributed by atoms with Crippen molar-refractivity contribution in [3.8, 4) is 0 Å². The number of esters is 3. The van der Waals surface area contributed by atoms with Crippen LogP contribution in [0.1, 0.15) is 323 Å². The molecule has 0 aromatic heterocycles. The fourth-order valence-corrected chi connectivity index (χ4v) is 8.68. The first-order valence-corrected chi connectivity index (χ1v) is 28.7. The van der Waals surface area contributed by atoms with E-state index in [0.29, 0.717) is 19.3 Å². The normalized spacial score (nSPS) is 12.0. The number of carbonyl (C=O) groups is 3. The van der Waals surface area contributed by atoms with E-state index in [2.05, 4.69) is 32.9 Å². The second kappa shape index (κ2) is 53.8. The third-order valence-corrected chi connectivity index (χ3v) is 13.0. The minimum atomic E-state index is -0.765. The highest BCUT2D eigenvalue weighted by molar-refractivity contribution is 5.71. The van der Waals surface area contributed by atoms with E-state index in [9.17, 15) is 14.4 Å². The molecule has 0 amide bonds. The summed E-state index contributed by atoms with van der Waals surface area (Å²) in [6.45, 7) is 6.63. The average molecular weight is 904 g/mol. The zero-order chi connectivity index (χ0) is 46.5. The van der Waals surface area contributed by atoms with Crippen LogP contribution in [0.2, 0.25) is 0 Å². The number of allylic oxidation sites excluding steroid dienone is 2. The molecule has 64 heavy (non-hydrogen) atoms. The fraction of sp³-hybridized carbons (Fsp3) is 0.914. The Bertz CT molecular complexity index is 993. The van der Waals surface area contributed by atoms with Gasteiger partial charge in [-0.05, 0) is 44.9 Å². The number of carbonyl (C=O) groups excluding carboxylic acids is 3. The van der Waals surface area contributed by atoms with E-state index in [-0.39, 0.29) is 31.1 Å². The van der Waals surface area contributed by atoms with Gasteiger partial charge in [0.2, 0.25) is 0 Å². The summed E-state index contributed by atoms with van der Waals surface area (Å²) in [5, 5.41) is 0. The first-order chi connectivity index (χ1) is 31.5. The van der Waals surface area contributed by atoms with E-state index in [4.69, 9.17) is 14.2 Å². The first kappa shape index (κ1) is 62.1. The Morgan fingerprint density at radius 3 is 0.781 bits per heavy atom. The monoisotopic (exact) mass is 903 g/mol. The Morgan fingerprint density at radius 2 is 0.516 bits per heavy atom. The lowest BCUT2D eigenvalue weighted by Crippen LogP contribution is -2.30. The van der Waals surface area contributed by atoms with Crippen molar-refractivity contribution < 1.29 is 28.6 Å². The molecule has 0 saturated heterocycles. The predicted octanol–water partition coefficient (Wildman–Crippen LogP) is 18.9. The Hall–Kier alpha value is -1.85. The summed E-state index contributed by atoms with van der Waals surface area (Å²) < 4.78 is 16.8. The smallest absolute Gasteiger partial charge is 0.306 e. The highest BCUT2D eigenvalue weighted by Gasteiger charge is 2.19. The van der Waals surface area contributed by atoms with Gasteiger partial charge in [0.1, 0.15) is 13.2 Å². The molecule has 0 heterocycles. The van der Waals surface area contributed by atoms with Crippen LogP contribution < -0.4 is 0 Å². The van der Waals surface area contributed by atoms with Gasteiger partial charge in [0.05, 0.1) is 0 Å². The highest BCUT2D eigenvalue weighted by atomic mass is 16.6. The molecular formula is C58H110O6. The third-order valence-electron chi connectivity index (χ3n) is 13.0. The van der Waals surface area contributed by atoms with Gasteiger partial charge in [0.25, 0.3) is 0 Å². The molecule has 0 bridgehead atoms. The SMILES string of the molecule is CCCCCCCCC/C=C\CCCCCCCCCC(=O)OC(COC(=O)CCCCCCCC)COC(=O)CCCCCCCCCCCCCCCCCCCCCCCC. The van der Waals surface area contributed by atoms with Crippen LogP contribution in [-0.4, -0.2) is 37.2 Å². The van der Waals surface area contributed by atoms with Crippen LogP contribution in [0.3, 0.4) is 0 Å². The minimum absolute atomic E-state index is 0.0670. The molecule has 1 unspecified atom stereocenters. The molecule has 0 aromatic rings. The summed E-state index contributed by atoms with van der Waals surface area (Å²) in [4.78, 5) is 37.8. The number of hydrogen-bond acceptors (Lipinski definition) is 6. The van der Waals surface area contributed by atoms with E-state index < -0.39 is 6.10 Å². The minimum Gasteiger partial charge on any atom is -0.462 e. The Morgan fingerprint density at radius 1 is 0.297 bits per heavy atom. The van der Waals surface area contributed by atoms with Gasteiger partial charge in [-0.25, -0.2) is 0 Å². The molecule has 0 aliphatic carbocycles. The van der Waals surface area contributed by atoms with Gasteiger partial charge in [-0.3, -0.25) is 14.4 Å². The number of unbranched alkanes of at least 4 members (excludes halogenated alkanes) is 40. The topological polar surface area (TPSA) is 78.9 Å². The van der Waals surface area contributed by atoms with Crippen molar-refractivity contribution in [3.63, 3.8) is 0 Å². The number of rotatable bonds is 53. The van der Waals surface area contributed by atoms with Crippen molar-refractivity contribution >= 4 is 17.9 Å². The maximum atomic E-state index is 12.8. The second-order valence-electron chi connectivity index (χ2n) is 19.6. The lowest BCUT2D eigenvalue weighted by atomic mass is 10.0. The third kappa shape index (κ3) is 51.1. The van der Waals surface area contributed by atoms with Crippen LogP contribution in [-0.2, 0) is 28.6 Å². The Labute approximate surface area is 399 Å². The van der Waals surface area contributed by atoms with Crippen LogP contribution in [0.5, 0.6) is 0 Å². The molecule has 0 fully saturated rings. The summed E-state index contributed by atoms with van der Waals surface area (Å²) in [6, 6.07) is 0. The first-order valence-electron chi connectivity index (χ1n) is 28.7. The van der Waals surface area contributed by atoms with Gasteiger partial charge in [0.15, 0.2) is 6.10 Å². The summed E-state index contributed by atoms with van der Waals surface area (Å²) in [7, 11) is 0. The second-order valence-corrected chi connectivity index (χ2v) is 19.6. The van der Waals surface area contributed by atoms with Gasteiger partial charge in [-0.2, -0.15) is 0 Å². The van der Waals surface area contributed by atoms with Crippen LogP contribution in [0.4, 0.5) is 0 Å². The molecular weight excluding hydrogens is 793 g/mol. The molecule has 0 aliphatic rings. The maximum absolute atomic E-state index is 12.8. The Kier molecular flexibility index (Phi) is 52.2. The van der Waals surface area contributed by atoms with Crippen molar-refractivity contribution in [2.75, 3.05) is 13.2 Å². The summed E-state index contributed by atoms with van der Waals surface area (Å²) in [5.74, 6) is -0.861. The molecule has 0 radical (unpaired) electrons. The van der Waals surface area contributed by atoms with Crippen molar-refractivity contribution in [2.24, 2.45) is 0 Å². The molecule has 0 spiro atoms. The van der Waals surface area contributed by atoms with Crippen LogP contribution >= 0.6 is 0 Å². The van der Waals surface area contributed by atoms with Crippen molar-refractivity contribution in [3.05, 3.63) is 12.2 Å². The molecule has 6 heteroatoms. The zero-order valence-corrected chi connectivity index (χ0v) is 43.3. The quantitative estimate of drug-likeness (QED) is 0.0262. The molecule has 378 valence electrons. The van der Waals surface area contributed by atoms with Crippen LogP contribution in [0.25, 0.3) is 0 Å². The van der Waals surface area contributed by atoms with E-state index >= 15 is 0 Å². The highest BCUT2D eigenvalue weighted by Crippen LogP contribution is 2.17.